The molecular weight excluding hydrogens is 264 g/mol. The zero-order valence-corrected chi connectivity index (χ0v) is 11.6. The van der Waals surface area contributed by atoms with Gasteiger partial charge < -0.3 is 15.1 Å². The third-order valence-electron chi connectivity index (χ3n) is 4.06. The van der Waals surface area contributed by atoms with Crippen molar-refractivity contribution in [3.05, 3.63) is 48.0 Å². The van der Waals surface area contributed by atoms with Crippen LogP contribution in [-0.2, 0) is 11.3 Å². The number of rotatable bonds is 2. The van der Waals surface area contributed by atoms with Gasteiger partial charge in [-0.3, -0.25) is 4.79 Å². The fourth-order valence-electron chi connectivity index (χ4n) is 3.05. The van der Waals surface area contributed by atoms with E-state index in [0.717, 1.165) is 27.5 Å². The van der Waals surface area contributed by atoms with E-state index in [1.165, 1.54) is 0 Å². The van der Waals surface area contributed by atoms with Gasteiger partial charge in [0.15, 0.2) is 0 Å². The standard InChI is InChI=1S/C17H16N2O2/c18-12-8-17(20)19(10-12)9-11-5-6-16-14(7-11)13-3-1-2-4-15(13)21-16/h1-7,12H,8-10,18H2. The number of fused-ring (bicyclic) bond motifs is 3. The molecule has 1 aliphatic heterocycles. The van der Waals surface area contributed by atoms with Crippen LogP contribution >= 0.6 is 0 Å². The summed E-state index contributed by atoms with van der Waals surface area (Å²) in [6.07, 6.45) is 0.455. The number of benzene rings is 2. The highest BCUT2D eigenvalue weighted by molar-refractivity contribution is 6.05. The van der Waals surface area contributed by atoms with E-state index in [0.29, 0.717) is 19.5 Å². The molecule has 2 N–H and O–H groups in total. The number of amides is 1. The van der Waals surface area contributed by atoms with Crippen LogP contribution in [-0.4, -0.2) is 23.4 Å². The Balaban J connectivity index is 1.73. The number of hydrogen-bond donors (Lipinski definition) is 1. The third kappa shape index (κ3) is 2.08. The first-order chi connectivity index (χ1) is 10.2. The van der Waals surface area contributed by atoms with Crippen molar-refractivity contribution in [2.24, 2.45) is 5.73 Å². The normalized spacial score (nSPS) is 19.0. The van der Waals surface area contributed by atoms with Crippen molar-refractivity contribution < 1.29 is 9.21 Å². The van der Waals surface area contributed by atoms with Crippen LogP contribution < -0.4 is 5.73 Å². The van der Waals surface area contributed by atoms with Crippen LogP contribution in [0.15, 0.2) is 46.9 Å². The van der Waals surface area contributed by atoms with E-state index in [1.807, 2.05) is 35.2 Å². The lowest BCUT2D eigenvalue weighted by atomic mass is 10.1. The van der Waals surface area contributed by atoms with Crippen molar-refractivity contribution in [3.8, 4) is 0 Å². The van der Waals surface area contributed by atoms with Crippen LogP contribution in [0.25, 0.3) is 21.9 Å². The van der Waals surface area contributed by atoms with Crippen molar-refractivity contribution in [2.45, 2.75) is 19.0 Å². The molecule has 1 saturated heterocycles. The maximum Gasteiger partial charge on any atom is 0.224 e. The van der Waals surface area contributed by atoms with Gasteiger partial charge >= 0.3 is 0 Å². The molecule has 4 nitrogen and oxygen atoms in total. The quantitative estimate of drug-likeness (QED) is 0.785. The third-order valence-corrected chi connectivity index (χ3v) is 4.06. The minimum absolute atomic E-state index is 0.0315. The number of furan rings is 1. The first-order valence-corrected chi connectivity index (χ1v) is 7.14. The predicted molar refractivity (Wildman–Crippen MR) is 81.7 cm³/mol. The van der Waals surface area contributed by atoms with E-state index in [2.05, 4.69) is 12.1 Å². The van der Waals surface area contributed by atoms with Crippen molar-refractivity contribution >= 4 is 27.8 Å². The topological polar surface area (TPSA) is 59.5 Å². The van der Waals surface area contributed by atoms with Gasteiger partial charge in [0.25, 0.3) is 0 Å². The van der Waals surface area contributed by atoms with Crippen LogP contribution in [0.2, 0.25) is 0 Å². The number of carbonyl (C=O) groups excluding carboxylic acids is 1. The van der Waals surface area contributed by atoms with Gasteiger partial charge in [-0.15, -0.1) is 0 Å². The van der Waals surface area contributed by atoms with Crippen LogP contribution in [0, 0.1) is 0 Å². The van der Waals surface area contributed by atoms with Crippen molar-refractivity contribution in [1.29, 1.82) is 0 Å². The lowest BCUT2D eigenvalue weighted by Gasteiger charge is -2.15. The SMILES string of the molecule is NC1CC(=O)N(Cc2ccc3oc4ccccc4c3c2)C1. The van der Waals surface area contributed by atoms with Gasteiger partial charge in [-0.05, 0) is 23.8 Å². The van der Waals surface area contributed by atoms with E-state index < -0.39 is 0 Å². The van der Waals surface area contributed by atoms with Crippen molar-refractivity contribution in [2.75, 3.05) is 6.54 Å². The second kappa shape index (κ2) is 4.60. The molecule has 1 amide bonds. The molecule has 1 atom stereocenters. The van der Waals surface area contributed by atoms with Gasteiger partial charge in [0.05, 0.1) is 0 Å². The molecule has 21 heavy (non-hydrogen) atoms. The first-order valence-electron chi connectivity index (χ1n) is 7.14. The summed E-state index contributed by atoms with van der Waals surface area (Å²) >= 11 is 0. The van der Waals surface area contributed by atoms with Crippen LogP contribution in [0.1, 0.15) is 12.0 Å². The van der Waals surface area contributed by atoms with E-state index >= 15 is 0 Å². The Morgan fingerprint density at radius 3 is 2.76 bits per heavy atom. The molecular formula is C17H16N2O2. The summed E-state index contributed by atoms with van der Waals surface area (Å²) in [7, 11) is 0. The van der Waals surface area contributed by atoms with Crippen LogP contribution in [0.5, 0.6) is 0 Å². The van der Waals surface area contributed by atoms with Gasteiger partial charge in [-0.1, -0.05) is 24.3 Å². The van der Waals surface area contributed by atoms with Crippen molar-refractivity contribution in [1.82, 2.24) is 4.90 Å². The van der Waals surface area contributed by atoms with E-state index in [-0.39, 0.29) is 11.9 Å². The van der Waals surface area contributed by atoms with Crippen molar-refractivity contribution in [3.63, 3.8) is 0 Å². The highest BCUT2D eigenvalue weighted by atomic mass is 16.3. The predicted octanol–water partition coefficient (Wildman–Crippen LogP) is 2.65. The lowest BCUT2D eigenvalue weighted by molar-refractivity contribution is -0.128. The molecule has 1 aromatic heterocycles. The van der Waals surface area contributed by atoms with E-state index in [9.17, 15) is 4.79 Å². The smallest absolute Gasteiger partial charge is 0.224 e. The Kier molecular flexibility index (Phi) is 2.72. The Labute approximate surface area is 122 Å². The lowest BCUT2D eigenvalue weighted by Crippen LogP contribution is -2.27. The molecule has 0 radical (unpaired) electrons. The fraction of sp³-hybridized carbons (Fsp3) is 0.235. The second-order valence-electron chi connectivity index (χ2n) is 5.67. The summed E-state index contributed by atoms with van der Waals surface area (Å²) in [5, 5.41) is 2.21. The molecule has 1 fully saturated rings. The second-order valence-corrected chi connectivity index (χ2v) is 5.67. The van der Waals surface area contributed by atoms with Crippen LogP contribution in [0.3, 0.4) is 0 Å². The largest absolute Gasteiger partial charge is 0.456 e. The maximum absolute atomic E-state index is 11.8. The van der Waals surface area contributed by atoms with Gasteiger partial charge in [0, 0.05) is 36.3 Å². The number of likely N-dealkylation sites (tertiary alicyclic amines) is 1. The highest BCUT2D eigenvalue weighted by Gasteiger charge is 2.26. The molecule has 4 heteroatoms. The summed E-state index contributed by atoms with van der Waals surface area (Å²) in [6, 6.07) is 14.1. The maximum atomic E-state index is 11.8. The Morgan fingerprint density at radius 1 is 1.14 bits per heavy atom. The Morgan fingerprint density at radius 2 is 1.95 bits per heavy atom. The van der Waals surface area contributed by atoms with Gasteiger partial charge in [-0.2, -0.15) is 0 Å². The van der Waals surface area contributed by atoms with E-state index in [4.69, 9.17) is 10.2 Å². The number of para-hydroxylation sites is 1. The summed E-state index contributed by atoms with van der Waals surface area (Å²) in [5.74, 6) is 0.139. The summed E-state index contributed by atoms with van der Waals surface area (Å²) < 4.78 is 5.82. The highest BCUT2D eigenvalue weighted by Crippen LogP contribution is 2.29. The average molecular weight is 280 g/mol. The molecule has 1 aliphatic rings. The van der Waals surface area contributed by atoms with Gasteiger partial charge in [-0.25, -0.2) is 0 Å². The molecule has 0 bridgehead atoms. The van der Waals surface area contributed by atoms with Gasteiger partial charge in [0.2, 0.25) is 5.91 Å². The molecule has 0 spiro atoms. The summed E-state index contributed by atoms with van der Waals surface area (Å²) in [6.45, 7) is 1.25. The number of nitrogens with zero attached hydrogens (tertiary/aromatic N) is 1. The molecule has 3 aromatic rings. The molecule has 106 valence electrons. The number of carbonyl (C=O) groups is 1. The fourth-order valence-corrected chi connectivity index (χ4v) is 3.05. The molecule has 0 aliphatic carbocycles. The molecule has 0 saturated carbocycles. The van der Waals surface area contributed by atoms with Gasteiger partial charge in [0.1, 0.15) is 11.2 Å². The monoisotopic (exact) mass is 280 g/mol. The molecule has 4 rings (SSSR count). The molecule has 2 heterocycles. The summed E-state index contributed by atoms with van der Waals surface area (Å²) in [5.41, 5.74) is 8.72. The minimum atomic E-state index is -0.0315. The molecule has 2 aromatic carbocycles. The Bertz CT molecular complexity index is 837. The number of nitrogens with two attached hydrogens (primary N) is 1. The average Bonchev–Trinajstić information content (AvgIpc) is 2.99. The zero-order chi connectivity index (χ0) is 14.4. The zero-order valence-electron chi connectivity index (χ0n) is 11.6. The number of hydrogen-bond acceptors (Lipinski definition) is 3. The minimum Gasteiger partial charge on any atom is -0.456 e. The first kappa shape index (κ1) is 12.4. The summed E-state index contributed by atoms with van der Waals surface area (Å²) in [4.78, 5) is 13.7. The van der Waals surface area contributed by atoms with E-state index in [1.54, 1.807) is 0 Å². The van der Waals surface area contributed by atoms with Crippen LogP contribution in [0.4, 0.5) is 0 Å². The Hall–Kier alpha value is -2.33. The molecule has 1 unspecified atom stereocenters.